The van der Waals surface area contributed by atoms with Crippen LogP contribution in [0.15, 0.2) is 6.33 Å². The van der Waals surface area contributed by atoms with E-state index in [-0.39, 0.29) is 0 Å². The van der Waals surface area contributed by atoms with Crippen LogP contribution in [-0.2, 0) is 6.42 Å². The van der Waals surface area contributed by atoms with Crippen molar-refractivity contribution in [2.45, 2.75) is 31.4 Å². The average Bonchev–Trinajstić information content (AvgIpc) is 2.40. The van der Waals surface area contributed by atoms with Crippen molar-refractivity contribution in [3.05, 3.63) is 12.2 Å². The van der Waals surface area contributed by atoms with Gasteiger partial charge in [-0.1, -0.05) is 13.3 Å². The van der Waals surface area contributed by atoms with Crippen molar-refractivity contribution < 1.29 is 0 Å². The van der Waals surface area contributed by atoms with Gasteiger partial charge in [-0.3, -0.25) is 5.10 Å². The van der Waals surface area contributed by atoms with Gasteiger partial charge in [0.2, 0.25) is 0 Å². The van der Waals surface area contributed by atoms with Crippen LogP contribution in [0.5, 0.6) is 0 Å². The highest BCUT2D eigenvalue weighted by atomic mass is 32.1. The predicted molar refractivity (Wildman–Crippen MR) is 47.8 cm³/mol. The number of aromatic nitrogens is 3. The Labute approximate surface area is 72.0 Å². The van der Waals surface area contributed by atoms with Gasteiger partial charge in [-0.15, -0.1) is 0 Å². The zero-order valence-corrected chi connectivity index (χ0v) is 7.51. The minimum Gasteiger partial charge on any atom is -0.263 e. The topological polar surface area (TPSA) is 41.6 Å². The van der Waals surface area contributed by atoms with Crippen LogP contribution in [0.1, 0.15) is 25.6 Å². The minimum atomic E-state index is 0.410. The lowest BCUT2D eigenvalue weighted by molar-refractivity contribution is 0.716. The SMILES string of the molecule is CCCC(S)Cc1ncn[nH]1. The van der Waals surface area contributed by atoms with Crippen molar-refractivity contribution in [2.75, 3.05) is 0 Å². The molecule has 0 radical (unpaired) electrons. The number of nitrogens with zero attached hydrogens (tertiary/aromatic N) is 2. The van der Waals surface area contributed by atoms with E-state index in [1.807, 2.05) is 0 Å². The summed E-state index contributed by atoms with van der Waals surface area (Å²) in [6, 6.07) is 0. The number of hydrogen-bond acceptors (Lipinski definition) is 3. The van der Waals surface area contributed by atoms with Crippen LogP contribution in [0.2, 0.25) is 0 Å². The Kier molecular flexibility index (Phi) is 3.42. The third kappa shape index (κ3) is 2.93. The molecular formula is C7H13N3S. The first-order valence-electron chi connectivity index (χ1n) is 3.85. The van der Waals surface area contributed by atoms with Gasteiger partial charge in [0.05, 0.1) is 0 Å². The van der Waals surface area contributed by atoms with E-state index in [0.717, 1.165) is 18.7 Å². The maximum Gasteiger partial charge on any atom is 0.137 e. The molecule has 0 spiro atoms. The smallest absolute Gasteiger partial charge is 0.137 e. The number of rotatable bonds is 4. The van der Waals surface area contributed by atoms with E-state index >= 15 is 0 Å². The highest BCUT2D eigenvalue weighted by Gasteiger charge is 2.04. The lowest BCUT2D eigenvalue weighted by Gasteiger charge is -2.04. The summed E-state index contributed by atoms with van der Waals surface area (Å²) in [6.07, 6.45) is 4.71. The van der Waals surface area contributed by atoms with Crippen LogP contribution in [0, 0.1) is 0 Å². The molecular weight excluding hydrogens is 158 g/mol. The second-order valence-electron chi connectivity index (χ2n) is 2.58. The lowest BCUT2D eigenvalue weighted by atomic mass is 10.2. The van der Waals surface area contributed by atoms with Crippen LogP contribution in [0.3, 0.4) is 0 Å². The summed E-state index contributed by atoms with van der Waals surface area (Å²) in [5.74, 6) is 0.929. The molecule has 0 saturated heterocycles. The van der Waals surface area contributed by atoms with Gasteiger partial charge in [0.1, 0.15) is 12.2 Å². The highest BCUT2D eigenvalue weighted by Crippen LogP contribution is 2.08. The van der Waals surface area contributed by atoms with Gasteiger partial charge in [-0.25, -0.2) is 4.98 Å². The lowest BCUT2D eigenvalue weighted by Crippen LogP contribution is -2.04. The number of hydrogen-bond donors (Lipinski definition) is 2. The molecule has 1 aromatic rings. The third-order valence-corrected chi connectivity index (χ3v) is 1.96. The van der Waals surface area contributed by atoms with Crippen molar-refractivity contribution in [3.8, 4) is 0 Å². The van der Waals surface area contributed by atoms with Crippen LogP contribution in [-0.4, -0.2) is 20.4 Å². The molecule has 4 heteroatoms. The fourth-order valence-corrected chi connectivity index (χ4v) is 1.42. The molecule has 0 aliphatic heterocycles. The maximum atomic E-state index is 4.41. The first-order valence-corrected chi connectivity index (χ1v) is 4.37. The minimum absolute atomic E-state index is 0.410. The highest BCUT2D eigenvalue weighted by molar-refractivity contribution is 7.80. The van der Waals surface area contributed by atoms with E-state index < -0.39 is 0 Å². The van der Waals surface area contributed by atoms with E-state index in [9.17, 15) is 0 Å². The van der Waals surface area contributed by atoms with Crippen molar-refractivity contribution in [3.63, 3.8) is 0 Å². The van der Waals surface area contributed by atoms with Crippen molar-refractivity contribution >= 4 is 12.6 Å². The van der Waals surface area contributed by atoms with Crippen molar-refractivity contribution in [1.82, 2.24) is 15.2 Å². The van der Waals surface area contributed by atoms with Crippen LogP contribution in [0.25, 0.3) is 0 Å². The molecule has 3 nitrogen and oxygen atoms in total. The molecule has 0 aliphatic rings. The van der Waals surface area contributed by atoms with E-state index in [0.29, 0.717) is 5.25 Å². The zero-order valence-electron chi connectivity index (χ0n) is 6.62. The Bertz CT molecular complexity index is 186. The Hall–Kier alpha value is -0.510. The summed E-state index contributed by atoms with van der Waals surface area (Å²) in [7, 11) is 0. The number of H-pyrrole nitrogens is 1. The molecule has 0 aliphatic carbocycles. The summed E-state index contributed by atoms with van der Waals surface area (Å²) in [6.45, 7) is 2.16. The molecule has 0 aromatic carbocycles. The first kappa shape index (κ1) is 8.59. The van der Waals surface area contributed by atoms with Crippen LogP contribution >= 0.6 is 12.6 Å². The second-order valence-corrected chi connectivity index (χ2v) is 3.31. The molecule has 0 bridgehead atoms. The van der Waals surface area contributed by atoms with Crippen LogP contribution < -0.4 is 0 Å². The molecule has 1 atom stereocenters. The molecule has 1 N–H and O–H groups in total. The fourth-order valence-electron chi connectivity index (χ4n) is 0.988. The van der Waals surface area contributed by atoms with E-state index in [2.05, 4.69) is 34.7 Å². The van der Waals surface area contributed by atoms with Gasteiger partial charge in [-0.2, -0.15) is 17.7 Å². The summed E-state index contributed by atoms with van der Waals surface area (Å²) < 4.78 is 0. The first-order chi connectivity index (χ1) is 5.33. The zero-order chi connectivity index (χ0) is 8.10. The van der Waals surface area contributed by atoms with Crippen molar-refractivity contribution in [2.24, 2.45) is 0 Å². The molecule has 0 fully saturated rings. The molecule has 62 valence electrons. The summed E-state index contributed by atoms with van der Waals surface area (Å²) in [5, 5.41) is 6.99. The predicted octanol–water partition coefficient (Wildman–Crippen LogP) is 1.45. The molecule has 1 rings (SSSR count). The third-order valence-electron chi connectivity index (χ3n) is 1.52. The monoisotopic (exact) mass is 171 g/mol. The van der Waals surface area contributed by atoms with E-state index in [1.165, 1.54) is 12.7 Å². The molecule has 0 saturated carbocycles. The number of thiol groups is 1. The average molecular weight is 171 g/mol. The van der Waals surface area contributed by atoms with Gasteiger partial charge in [-0.05, 0) is 6.42 Å². The van der Waals surface area contributed by atoms with Gasteiger partial charge < -0.3 is 0 Å². The van der Waals surface area contributed by atoms with Gasteiger partial charge in [0, 0.05) is 11.7 Å². The Morgan fingerprint density at radius 1 is 1.73 bits per heavy atom. The quantitative estimate of drug-likeness (QED) is 0.673. The van der Waals surface area contributed by atoms with Gasteiger partial charge in [0.15, 0.2) is 0 Å². The standard InChI is InChI=1S/C7H13N3S/c1-2-3-6(11)4-7-8-5-9-10-7/h5-6,11H,2-4H2,1H3,(H,8,9,10). The molecule has 0 amide bonds. The maximum absolute atomic E-state index is 4.41. The normalized spacial score (nSPS) is 13.3. The second kappa shape index (κ2) is 4.38. The molecule has 1 unspecified atom stereocenters. The van der Waals surface area contributed by atoms with Crippen molar-refractivity contribution in [1.29, 1.82) is 0 Å². The molecule has 1 heterocycles. The van der Waals surface area contributed by atoms with E-state index in [1.54, 1.807) is 0 Å². The summed E-state index contributed by atoms with van der Waals surface area (Å²) in [4.78, 5) is 4.02. The fraction of sp³-hybridized carbons (Fsp3) is 0.714. The number of nitrogens with one attached hydrogen (secondary N) is 1. The van der Waals surface area contributed by atoms with E-state index in [4.69, 9.17) is 0 Å². The van der Waals surface area contributed by atoms with Crippen LogP contribution in [0.4, 0.5) is 0 Å². The summed E-state index contributed by atoms with van der Waals surface area (Å²) in [5.41, 5.74) is 0. The summed E-state index contributed by atoms with van der Waals surface area (Å²) >= 11 is 4.41. The Morgan fingerprint density at radius 3 is 3.09 bits per heavy atom. The van der Waals surface area contributed by atoms with Gasteiger partial charge >= 0.3 is 0 Å². The molecule has 1 aromatic heterocycles. The number of aromatic amines is 1. The largest absolute Gasteiger partial charge is 0.263 e. The molecule has 11 heavy (non-hydrogen) atoms. The van der Waals surface area contributed by atoms with Gasteiger partial charge in [0.25, 0.3) is 0 Å². The Balaban J connectivity index is 2.31. The Morgan fingerprint density at radius 2 is 2.55 bits per heavy atom.